The number of hydrogen-bond acceptors (Lipinski definition) is 6. The first-order valence-corrected chi connectivity index (χ1v) is 11.1. The van der Waals surface area contributed by atoms with Crippen LogP contribution in [0.15, 0.2) is 82.5 Å². The Morgan fingerprint density at radius 2 is 1.45 bits per heavy atom. The highest BCUT2D eigenvalue weighted by Crippen LogP contribution is 2.29. The summed E-state index contributed by atoms with van der Waals surface area (Å²) in [5, 5.41) is 2.97. The molecule has 0 fully saturated rings. The van der Waals surface area contributed by atoms with Crippen LogP contribution in [0.3, 0.4) is 0 Å². The molecule has 0 amide bonds. The third kappa shape index (κ3) is 4.18. The van der Waals surface area contributed by atoms with Crippen LogP contribution in [0.25, 0.3) is 0 Å². The number of ketones is 2. The highest BCUT2D eigenvalue weighted by molar-refractivity contribution is 7.92. The van der Waals surface area contributed by atoms with Crippen LogP contribution < -0.4 is 10.0 Å². The molecule has 1 aliphatic rings. The van der Waals surface area contributed by atoms with Crippen LogP contribution >= 0.6 is 23.2 Å². The van der Waals surface area contributed by atoms with Crippen LogP contribution in [0.2, 0.25) is 5.02 Å². The highest BCUT2D eigenvalue weighted by atomic mass is 35.5. The molecule has 1 aromatic heterocycles. The van der Waals surface area contributed by atoms with Gasteiger partial charge in [0.15, 0.2) is 0 Å². The number of allylic oxidation sites excluding steroid dienone is 2. The maximum absolute atomic E-state index is 12.8. The Hall–Kier alpha value is -3.20. The predicted octanol–water partition coefficient (Wildman–Crippen LogP) is 4.48. The average Bonchev–Trinajstić information content (AvgIpc) is 2.77. The molecule has 0 bridgehead atoms. The van der Waals surface area contributed by atoms with E-state index < -0.39 is 21.6 Å². The Morgan fingerprint density at radius 3 is 2.06 bits per heavy atom. The number of nitrogens with zero attached hydrogens (tertiary/aromatic N) is 1. The fourth-order valence-corrected chi connectivity index (χ4v) is 4.31. The molecule has 2 aromatic carbocycles. The van der Waals surface area contributed by atoms with Gasteiger partial charge in [-0.1, -0.05) is 47.5 Å². The number of fused-ring (bicyclic) bond motifs is 1. The second kappa shape index (κ2) is 8.14. The minimum Gasteiger partial charge on any atom is -0.351 e. The fraction of sp³-hybridized carbons (Fsp3) is 0. The number of halogens is 2. The van der Waals surface area contributed by atoms with Crippen LogP contribution in [0.1, 0.15) is 20.7 Å². The number of carbonyl (C=O) groups excluding carboxylic acids is 2. The molecule has 1 heterocycles. The van der Waals surface area contributed by atoms with E-state index in [1.807, 2.05) is 0 Å². The van der Waals surface area contributed by atoms with Gasteiger partial charge >= 0.3 is 0 Å². The molecule has 156 valence electrons. The number of hydrogen-bond donors (Lipinski definition) is 2. The van der Waals surface area contributed by atoms with Gasteiger partial charge in [0.05, 0.1) is 9.92 Å². The molecule has 0 spiro atoms. The first-order chi connectivity index (χ1) is 14.8. The smallest absolute Gasteiger partial charge is 0.263 e. The number of anilines is 2. The van der Waals surface area contributed by atoms with Gasteiger partial charge in [-0.3, -0.25) is 14.3 Å². The zero-order chi connectivity index (χ0) is 22.2. The third-order valence-electron chi connectivity index (χ3n) is 4.46. The number of rotatable bonds is 5. The van der Waals surface area contributed by atoms with E-state index in [1.165, 1.54) is 48.7 Å². The maximum Gasteiger partial charge on any atom is 0.263 e. The molecular weight excluding hydrogens is 461 g/mol. The zero-order valence-electron chi connectivity index (χ0n) is 15.6. The normalized spacial score (nSPS) is 13.7. The molecule has 1 aliphatic carbocycles. The van der Waals surface area contributed by atoms with Gasteiger partial charge in [0.25, 0.3) is 10.0 Å². The number of pyridine rings is 1. The Morgan fingerprint density at radius 1 is 0.806 bits per heavy atom. The van der Waals surface area contributed by atoms with Crippen molar-refractivity contribution in [2.45, 2.75) is 4.90 Å². The van der Waals surface area contributed by atoms with Crippen molar-refractivity contribution >= 4 is 56.3 Å². The Labute approximate surface area is 187 Å². The molecule has 10 heteroatoms. The summed E-state index contributed by atoms with van der Waals surface area (Å²) in [7, 11) is -3.89. The van der Waals surface area contributed by atoms with E-state index >= 15 is 0 Å². The second-order valence-electron chi connectivity index (χ2n) is 6.51. The number of sulfonamides is 1. The topological polar surface area (TPSA) is 105 Å². The summed E-state index contributed by atoms with van der Waals surface area (Å²) in [5.41, 5.74) is 0.811. The van der Waals surface area contributed by atoms with E-state index in [-0.39, 0.29) is 32.6 Å². The number of aromatic nitrogens is 1. The Bertz CT molecular complexity index is 1340. The van der Waals surface area contributed by atoms with Gasteiger partial charge in [0.2, 0.25) is 11.6 Å². The van der Waals surface area contributed by atoms with Gasteiger partial charge in [0, 0.05) is 23.0 Å². The minimum atomic E-state index is -3.89. The first-order valence-electron chi connectivity index (χ1n) is 8.86. The van der Waals surface area contributed by atoms with E-state index in [1.54, 1.807) is 18.2 Å². The molecule has 0 aliphatic heterocycles. The van der Waals surface area contributed by atoms with Gasteiger partial charge in [-0.05, 0) is 36.4 Å². The fourth-order valence-electron chi connectivity index (χ4n) is 2.95. The summed E-state index contributed by atoms with van der Waals surface area (Å²) < 4.78 is 27.4. The van der Waals surface area contributed by atoms with Crippen molar-refractivity contribution in [3.63, 3.8) is 0 Å². The SMILES string of the molecule is O=C1C(Cl)=C(Nc2ccc(S(=O)(=O)Nc3ccc(Cl)cn3)cc2)C(=O)c2ccccc21. The van der Waals surface area contributed by atoms with Crippen molar-refractivity contribution in [2.24, 2.45) is 0 Å². The van der Waals surface area contributed by atoms with Crippen molar-refractivity contribution in [2.75, 3.05) is 10.0 Å². The Balaban J connectivity index is 1.56. The summed E-state index contributed by atoms with van der Waals surface area (Å²) in [6, 6.07) is 15.0. The summed E-state index contributed by atoms with van der Waals surface area (Å²) in [6.45, 7) is 0. The molecule has 31 heavy (non-hydrogen) atoms. The molecule has 0 atom stereocenters. The van der Waals surface area contributed by atoms with Crippen LogP contribution in [0, 0.1) is 0 Å². The monoisotopic (exact) mass is 473 g/mol. The summed E-state index contributed by atoms with van der Waals surface area (Å²) in [4.78, 5) is 29.1. The molecule has 7 nitrogen and oxygen atoms in total. The maximum atomic E-state index is 12.8. The number of nitrogens with one attached hydrogen (secondary N) is 2. The van der Waals surface area contributed by atoms with E-state index in [0.29, 0.717) is 10.7 Å². The van der Waals surface area contributed by atoms with Crippen molar-refractivity contribution < 1.29 is 18.0 Å². The summed E-state index contributed by atoms with van der Waals surface area (Å²) in [6.07, 6.45) is 1.32. The lowest BCUT2D eigenvalue weighted by Crippen LogP contribution is -2.24. The van der Waals surface area contributed by atoms with Crippen LogP contribution in [0.5, 0.6) is 0 Å². The molecule has 0 radical (unpaired) electrons. The number of Topliss-reactive ketones (excluding diaryl/α,β-unsaturated/α-hetero) is 2. The highest BCUT2D eigenvalue weighted by Gasteiger charge is 2.31. The van der Waals surface area contributed by atoms with E-state index in [0.717, 1.165) is 0 Å². The lowest BCUT2D eigenvalue weighted by molar-refractivity contribution is 0.0982. The first kappa shape index (κ1) is 21.0. The average molecular weight is 474 g/mol. The van der Waals surface area contributed by atoms with Gasteiger partial charge < -0.3 is 5.32 Å². The summed E-state index contributed by atoms with van der Waals surface area (Å²) >= 11 is 11.9. The molecular formula is C21H13Cl2N3O4S. The molecule has 3 aromatic rings. The minimum absolute atomic E-state index is 0.0220. The number of benzene rings is 2. The third-order valence-corrected chi connectivity index (χ3v) is 6.42. The van der Waals surface area contributed by atoms with Gasteiger partial charge in [-0.15, -0.1) is 0 Å². The van der Waals surface area contributed by atoms with Crippen molar-refractivity contribution in [1.29, 1.82) is 0 Å². The zero-order valence-corrected chi connectivity index (χ0v) is 17.9. The standard InChI is InChI=1S/C21H13Cl2N3O4S/c22-12-5-10-17(24-11-12)26-31(29,30)14-8-6-13(7-9-14)25-19-18(23)20(27)15-3-1-2-4-16(15)21(19)28/h1-11,25H,(H,24,26). The van der Waals surface area contributed by atoms with Crippen molar-refractivity contribution in [3.8, 4) is 0 Å². The molecule has 0 saturated heterocycles. The molecule has 0 unspecified atom stereocenters. The van der Waals surface area contributed by atoms with Crippen LogP contribution in [-0.2, 0) is 10.0 Å². The number of carbonyl (C=O) groups is 2. The summed E-state index contributed by atoms with van der Waals surface area (Å²) in [5.74, 6) is -0.765. The lowest BCUT2D eigenvalue weighted by Gasteiger charge is -2.19. The molecule has 0 saturated carbocycles. The van der Waals surface area contributed by atoms with Gasteiger partial charge in [-0.2, -0.15) is 0 Å². The van der Waals surface area contributed by atoms with E-state index in [4.69, 9.17) is 23.2 Å². The van der Waals surface area contributed by atoms with Gasteiger partial charge in [-0.25, -0.2) is 13.4 Å². The van der Waals surface area contributed by atoms with Gasteiger partial charge in [0.1, 0.15) is 16.5 Å². The molecule has 2 N–H and O–H groups in total. The van der Waals surface area contributed by atoms with E-state index in [2.05, 4.69) is 15.0 Å². The van der Waals surface area contributed by atoms with E-state index in [9.17, 15) is 18.0 Å². The molecule has 4 rings (SSSR count). The quantitative estimate of drug-likeness (QED) is 0.565. The second-order valence-corrected chi connectivity index (χ2v) is 9.01. The Kier molecular flexibility index (Phi) is 5.53. The largest absolute Gasteiger partial charge is 0.351 e. The van der Waals surface area contributed by atoms with Crippen LogP contribution in [-0.4, -0.2) is 25.0 Å². The van der Waals surface area contributed by atoms with Crippen molar-refractivity contribution in [3.05, 3.63) is 93.7 Å². The van der Waals surface area contributed by atoms with Crippen LogP contribution in [0.4, 0.5) is 11.5 Å². The van der Waals surface area contributed by atoms with Crippen molar-refractivity contribution in [1.82, 2.24) is 4.98 Å². The predicted molar refractivity (Wildman–Crippen MR) is 118 cm³/mol. The lowest BCUT2D eigenvalue weighted by atomic mass is 9.92.